The third-order valence-corrected chi connectivity index (χ3v) is 4.15. The van der Waals surface area contributed by atoms with Gasteiger partial charge < -0.3 is 14.4 Å². The molecule has 1 amide bonds. The fourth-order valence-corrected chi connectivity index (χ4v) is 2.75. The molecule has 0 saturated carbocycles. The molecule has 24 heavy (non-hydrogen) atoms. The van der Waals surface area contributed by atoms with E-state index >= 15 is 0 Å². The summed E-state index contributed by atoms with van der Waals surface area (Å²) in [6.45, 7) is 4.29. The van der Waals surface area contributed by atoms with Crippen LogP contribution in [0.4, 0.5) is 0 Å². The minimum Gasteiger partial charge on any atom is -0.491 e. The summed E-state index contributed by atoms with van der Waals surface area (Å²) in [7, 11) is 0. The first kappa shape index (κ1) is 16.5. The van der Waals surface area contributed by atoms with Gasteiger partial charge in [0.25, 0.3) is 0 Å². The summed E-state index contributed by atoms with van der Waals surface area (Å²) in [5.74, 6) is 0.974. The number of carbonyl (C=O) groups is 1. The van der Waals surface area contributed by atoms with Crippen molar-refractivity contribution >= 4 is 5.91 Å². The molecule has 0 radical (unpaired) electrons. The van der Waals surface area contributed by atoms with Crippen LogP contribution in [-0.2, 0) is 16.0 Å². The third kappa shape index (κ3) is 4.59. The molecular formula is C20H23NO3. The Bertz CT molecular complexity index is 654. The predicted molar refractivity (Wildman–Crippen MR) is 93.1 cm³/mol. The number of aryl methyl sites for hydroxylation is 1. The van der Waals surface area contributed by atoms with E-state index in [9.17, 15) is 4.79 Å². The van der Waals surface area contributed by atoms with Gasteiger partial charge in [-0.1, -0.05) is 48.0 Å². The number of rotatable bonds is 5. The number of ether oxygens (including phenoxy) is 2. The van der Waals surface area contributed by atoms with E-state index in [0.717, 1.165) is 11.3 Å². The van der Waals surface area contributed by atoms with Gasteiger partial charge in [-0.05, 0) is 24.6 Å². The molecule has 2 aromatic rings. The molecule has 3 rings (SSSR count). The Kier molecular flexibility index (Phi) is 5.49. The normalized spacial score (nSPS) is 17.5. The zero-order valence-electron chi connectivity index (χ0n) is 14.0. The lowest BCUT2D eigenvalue weighted by molar-refractivity contribution is -0.139. The maximum absolute atomic E-state index is 12.5. The number of amides is 1. The smallest absolute Gasteiger partial charge is 0.227 e. The van der Waals surface area contributed by atoms with Crippen molar-refractivity contribution in [2.75, 3.05) is 26.3 Å². The van der Waals surface area contributed by atoms with Gasteiger partial charge in [0.2, 0.25) is 5.91 Å². The van der Waals surface area contributed by atoms with Crippen LogP contribution >= 0.6 is 0 Å². The van der Waals surface area contributed by atoms with Crippen LogP contribution in [0.1, 0.15) is 11.1 Å². The number of morpholine rings is 1. The summed E-state index contributed by atoms with van der Waals surface area (Å²) in [5.41, 5.74) is 2.25. The fourth-order valence-electron chi connectivity index (χ4n) is 2.75. The monoisotopic (exact) mass is 325 g/mol. The van der Waals surface area contributed by atoms with Crippen LogP contribution in [0.2, 0.25) is 0 Å². The summed E-state index contributed by atoms with van der Waals surface area (Å²) in [4.78, 5) is 14.3. The van der Waals surface area contributed by atoms with Crippen molar-refractivity contribution in [1.29, 1.82) is 0 Å². The minimum absolute atomic E-state index is 0.0835. The SMILES string of the molecule is Cc1ccc(OC[C@@H]2CN(C(=O)Cc3ccccc3)CCO2)cc1. The Hall–Kier alpha value is -2.33. The van der Waals surface area contributed by atoms with Crippen LogP contribution in [0.3, 0.4) is 0 Å². The molecule has 1 heterocycles. The highest BCUT2D eigenvalue weighted by molar-refractivity contribution is 5.78. The Balaban J connectivity index is 1.50. The molecule has 4 heteroatoms. The van der Waals surface area contributed by atoms with Crippen LogP contribution < -0.4 is 4.74 Å². The topological polar surface area (TPSA) is 38.8 Å². The van der Waals surface area contributed by atoms with Gasteiger partial charge in [-0.15, -0.1) is 0 Å². The number of benzene rings is 2. The number of nitrogens with zero attached hydrogens (tertiary/aromatic N) is 1. The maximum atomic E-state index is 12.5. The highest BCUT2D eigenvalue weighted by Gasteiger charge is 2.24. The molecule has 0 bridgehead atoms. The van der Waals surface area contributed by atoms with Crippen LogP contribution in [0.5, 0.6) is 5.75 Å². The largest absolute Gasteiger partial charge is 0.491 e. The number of hydrogen-bond donors (Lipinski definition) is 0. The van der Waals surface area contributed by atoms with Crippen molar-refractivity contribution in [3.8, 4) is 5.75 Å². The van der Waals surface area contributed by atoms with Crippen molar-refractivity contribution in [2.45, 2.75) is 19.4 Å². The summed E-state index contributed by atoms with van der Waals surface area (Å²) in [5, 5.41) is 0. The van der Waals surface area contributed by atoms with Crippen molar-refractivity contribution < 1.29 is 14.3 Å². The Morgan fingerprint density at radius 1 is 1.17 bits per heavy atom. The van der Waals surface area contributed by atoms with Gasteiger partial charge in [0, 0.05) is 6.54 Å². The number of hydrogen-bond acceptors (Lipinski definition) is 3. The molecule has 0 N–H and O–H groups in total. The summed E-state index contributed by atoms with van der Waals surface area (Å²) < 4.78 is 11.5. The van der Waals surface area contributed by atoms with Crippen LogP contribution in [0.25, 0.3) is 0 Å². The second kappa shape index (κ2) is 7.97. The Labute approximate surface area is 143 Å². The van der Waals surface area contributed by atoms with Gasteiger partial charge >= 0.3 is 0 Å². The summed E-state index contributed by atoms with van der Waals surface area (Å²) in [6, 6.07) is 17.8. The van der Waals surface area contributed by atoms with Crippen molar-refractivity contribution in [3.63, 3.8) is 0 Å². The fraction of sp³-hybridized carbons (Fsp3) is 0.350. The van der Waals surface area contributed by atoms with Gasteiger partial charge in [0.05, 0.1) is 19.6 Å². The summed E-state index contributed by atoms with van der Waals surface area (Å²) >= 11 is 0. The number of carbonyl (C=O) groups excluding carboxylic acids is 1. The van der Waals surface area contributed by atoms with E-state index < -0.39 is 0 Å². The molecular weight excluding hydrogens is 302 g/mol. The molecule has 4 nitrogen and oxygen atoms in total. The zero-order chi connectivity index (χ0) is 16.8. The molecule has 1 aliphatic heterocycles. The third-order valence-electron chi connectivity index (χ3n) is 4.15. The first-order chi connectivity index (χ1) is 11.7. The lowest BCUT2D eigenvalue weighted by atomic mass is 10.1. The van der Waals surface area contributed by atoms with Gasteiger partial charge in [-0.25, -0.2) is 0 Å². The molecule has 0 spiro atoms. The van der Waals surface area contributed by atoms with Gasteiger partial charge in [0.15, 0.2) is 0 Å². The van der Waals surface area contributed by atoms with Gasteiger partial charge in [0.1, 0.15) is 18.5 Å². The van der Waals surface area contributed by atoms with E-state index in [-0.39, 0.29) is 12.0 Å². The zero-order valence-corrected chi connectivity index (χ0v) is 14.0. The van der Waals surface area contributed by atoms with E-state index in [4.69, 9.17) is 9.47 Å². The molecule has 1 saturated heterocycles. The second-order valence-corrected chi connectivity index (χ2v) is 6.12. The van der Waals surface area contributed by atoms with Crippen molar-refractivity contribution in [1.82, 2.24) is 4.90 Å². The van der Waals surface area contributed by atoms with Crippen LogP contribution in [-0.4, -0.2) is 43.2 Å². The van der Waals surface area contributed by atoms with E-state index in [2.05, 4.69) is 0 Å². The van der Waals surface area contributed by atoms with E-state index in [1.54, 1.807) is 0 Å². The van der Waals surface area contributed by atoms with E-state index in [1.807, 2.05) is 66.4 Å². The average Bonchev–Trinajstić information content (AvgIpc) is 2.62. The molecule has 0 aromatic heterocycles. The standard InChI is InChI=1S/C20H23NO3/c1-16-7-9-18(10-8-16)24-15-19-14-21(11-12-23-19)20(22)13-17-5-3-2-4-6-17/h2-10,19H,11-15H2,1H3/t19-/m0/s1. The molecule has 2 aromatic carbocycles. The Morgan fingerprint density at radius 2 is 1.92 bits per heavy atom. The molecule has 1 fully saturated rings. The molecule has 1 aliphatic rings. The first-order valence-electron chi connectivity index (χ1n) is 8.33. The van der Waals surface area contributed by atoms with Crippen molar-refractivity contribution in [2.24, 2.45) is 0 Å². The second-order valence-electron chi connectivity index (χ2n) is 6.12. The van der Waals surface area contributed by atoms with Crippen LogP contribution in [0, 0.1) is 6.92 Å². The molecule has 0 unspecified atom stereocenters. The Morgan fingerprint density at radius 3 is 2.67 bits per heavy atom. The molecule has 126 valence electrons. The molecule has 1 atom stereocenters. The van der Waals surface area contributed by atoms with Gasteiger partial charge in [-0.2, -0.15) is 0 Å². The lowest BCUT2D eigenvalue weighted by Gasteiger charge is -2.33. The highest BCUT2D eigenvalue weighted by atomic mass is 16.5. The quantitative estimate of drug-likeness (QED) is 0.848. The summed E-state index contributed by atoms with van der Waals surface area (Å²) in [6.07, 6.45) is 0.353. The van der Waals surface area contributed by atoms with E-state index in [1.165, 1.54) is 5.56 Å². The van der Waals surface area contributed by atoms with E-state index in [0.29, 0.717) is 32.7 Å². The maximum Gasteiger partial charge on any atom is 0.227 e. The molecule has 0 aliphatic carbocycles. The van der Waals surface area contributed by atoms with Gasteiger partial charge in [-0.3, -0.25) is 4.79 Å². The minimum atomic E-state index is -0.0835. The van der Waals surface area contributed by atoms with Crippen LogP contribution in [0.15, 0.2) is 54.6 Å². The highest BCUT2D eigenvalue weighted by Crippen LogP contribution is 2.14. The van der Waals surface area contributed by atoms with Crippen molar-refractivity contribution in [3.05, 3.63) is 65.7 Å². The average molecular weight is 325 g/mol. The lowest BCUT2D eigenvalue weighted by Crippen LogP contribution is -2.48. The predicted octanol–water partition coefficient (Wildman–Crippen LogP) is 2.84. The first-order valence-corrected chi connectivity index (χ1v) is 8.33.